The van der Waals surface area contributed by atoms with E-state index in [-0.39, 0.29) is 17.5 Å². The molecule has 0 spiro atoms. The van der Waals surface area contributed by atoms with Gasteiger partial charge in [0.1, 0.15) is 6.04 Å². The van der Waals surface area contributed by atoms with E-state index in [9.17, 15) is 9.59 Å². The summed E-state index contributed by atoms with van der Waals surface area (Å²) in [4.78, 5) is 27.0. The van der Waals surface area contributed by atoms with E-state index in [1.807, 2.05) is 60.7 Å². The SMILES string of the molecule is O=C1NCCN(C(=O)c2cc(-c3ccccc3)on2)[C@H]1Cc1ccccc1. The van der Waals surface area contributed by atoms with Crippen LogP contribution in [0.25, 0.3) is 11.3 Å². The highest BCUT2D eigenvalue weighted by atomic mass is 16.5. The predicted octanol–water partition coefficient (Wildman–Crippen LogP) is 2.52. The molecule has 0 unspecified atom stereocenters. The Morgan fingerprint density at radius 3 is 2.56 bits per heavy atom. The lowest BCUT2D eigenvalue weighted by Gasteiger charge is -2.34. The third-order valence-corrected chi connectivity index (χ3v) is 4.65. The van der Waals surface area contributed by atoms with Crippen LogP contribution in [0.1, 0.15) is 16.1 Å². The van der Waals surface area contributed by atoms with Crippen LogP contribution < -0.4 is 5.32 Å². The molecule has 1 fully saturated rings. The molecule has 0 aliphatic carbocycles. The predicted molar refractivity (Wildman–Crippen MR) is 99.9 cm³/mol. The summed E-state index contributed by atoms with van der Waals surface area (Å²) in [6, 6.07) is 20.2. The molecule has 3 aromatic rings. The highest BCUT2D eigenvalue weighted by Gasteiger charge is 2.34. The zero-order chi connectivity index (χ0) is 18.6. The number of carbonyl (C=O) groups excluding carboxylic acids is 2. The van der Waals surface area contributed by atoms with Crippen molar-refractivity contribution in [3.05, 3.63) is 78.0 Å². The van der Waals surface area contributed by atoms with E-state index >= 15 is 0 Å². The first-order valence-electron chi connectivity index (χ1n) is 8.87. The van der Waals surface area contributed by atoms with Crippen LogP contribution in [-0.2, 0) is 11.2 Å². The van der Waals surface area contributed by atoms with Crippen molar-refractivity contribution in [1.29, 1.82) is 0 Å². The van der Waals surface area contributed by atoms with Gasteiger partial charge in [0.05, 0.1) is 0 Å². The fourth-order valence-corrected chi connectivity index (χ4v) is 3.26. The highest BCUT2D eigenvalue weighted by molar-refractivity contribution is 5.97. The lowest BCUT2D eigenvalue weighted by Crippen LogP contribution is -2.58. The van der Waals surface area contributed by atoms with Crippen LogP contribution in [0.15, 0.2) is 71.3 Å². The van der Waals surface area contributed by atoms with Gasteiger partial charge >= 0.3 is 0 Å². The Morgan fingerprint density at radius 1 is 1.11 bits per heavy atom. The third kappa shape index (κ3) is 3.60. The first kappa shape index (κ1) is 17.0. The van der Waals surface area contributed by atoms with Crippen molar-refractivity contribution in [2.75, 3.05) is 13.1 Å². The van der Waals surface area contributed by atoms with Gasteiger partial charge in [-0.15, -0.1) is 0 Å². The number of rotatable bonds is 4. The van der Waals surface area contributed by atoms with Gasteiger partial charge in [0.25, 0.3) is 5.91 Å². The van der Waals surface area contributed by atoms with E-state index in [0.717, 1.165) is 11.1 Å². The summed E-state index contributed by atoms with van der Waals surface area (Å²) in [5, 5.41) is 6.78. The van der Waals surface area contributed by atoms with Crippen molar-refractivity contribution in [2.45, 2.75) is 12.5 Å². The second-order valence-electron chi connectivity index (χ2n) is 6.44. The number of carbonyl (C=O) groups is 2. The topological polar surface area (TPSA) is 75.4 Å². The van der Waals surface area contributed by atoms with Crippen molar-refractivity contribution in [3.63, 3.8) is 0 Å². The van der Waals surface area contributed by atoms with E-state index in [4.69, 9.17) is 4.52 Å². The third-order valence-electron chi connectivity index (χ3n) is 4.65. The summed E-state index contributed by atoms with van der Waals surface area (Å²) >= 11 is 0. The summed E-state index contributed by atoms with van der Waals surface area (Å²) in [7, 11) is 0. The summed E-state index contributed by atoms with van der Waals surface area (Å²) < 4.78 is 5.34. The molecule has 4 rings (SSSR count). The van der Waals surface area contributed by atoms with Crippen LogP contribution in [0, 0.1) is 0 Å². The van der Waals surface area contributed by atoms with E-state index in [1.165, 1.54) is 0 Å². The van der Waals surface area contributed by atoms with E-state index in [1.54, 1.807) is 11.0 Å². The number of nitrogens with one attached hydrogen (secondary N) is 1. The molecule has 0 saturated carbocycles. The lowest BCUT2D eigenvalue weighted by atomic mass is 10.0. The van der Waals surface area contributed by atoms with Gasteiger partial charge in [-0.1, -0.05) is 65.8 Å². The monoisotopic (exact) mass is 361 g/mol. The van der Waals surface area contributed by atoms with Gasteiger partial charge in [0.2, 0.25) is 5.91 Å². The summed E-state index contributed by atoms with van der Waals surface area (Å²) in [6.45, 7) is 0.870. The molecule has 1 N–H and O–H groups in total. The van der Waals surface area contributed by atoms with Crippen molar-refractivity contribution >= 4 is 11.8 Å². The zero-order valence-electron chi connectivity index (χ0n) is 14.7. The molecule has 27 heavy (non-hydrogen) atoms. The van der Waals surface area contributed by atoms with Crippen LogP contribution in [0.3, 0.4) is 0 Å². The molecule has 0 radical (unpaired) electrons. The van der Waals surface area contributed by atoms with Gasteiger partial charge in [-0.25, -0.2) is 0 Å². The number of hydrogen-bond donors (Lipinski definition) is 1. The van der Waals surface area contributed by atoms with E-state index in [2.05, 4.69) is 10.5 Å². The zero-order valence-corrected chi connectivity index (χ0v) is 14.7. The first-order valence-corrected chi connectivity index (χ1v) is 8.87. The Hall–Kier alpha value is -3.41. The van der Waals surface area contributed by atoms with Gasteiger partial charge in [0, 0.05) is 31.1 Å². The molecule has 1 saturated heterocycles. The number of aromatic nitrogens is 1. The Labute approximate surface area is 156 Å². The minimum atomic E-state index is -0.564. The van der Waals surface area contributed by atoms with E-state index in [0.29, 0.717) is 25.3 Å². The lowest BCUT2D eigenvalue weighted by molar-refractivity contribution is -0.127. The Kier molecular flexibility index (Phi) is 4.70. The molecule has 2 heterocycles. The van der Waals surface area contributed by atoms with Crippen LogP contribution >= 0.6 is 0 Å². The largest absolute Gasteiger partial charge is 0.355 e. The molecule has 0 bridgehead atoms. The molecule has 6 heteroatoms. The Balaban J connectivity index is 1.57. The fraction of sp³-hybridized carbons (Fsp3) is 0.190. The molecule has 6 nitrogen and oxygen atoms in total. The van der Waals surface area contributed by atoms with E-state index < -0.39 is 6.04 Å². The van der Waals surface area contributed by atoms with Crippen LogP contribution in [0.5, 0.6) is 0 Å². The van der Waals surface area contributed by atoms with Crippen LogP contribution in [0.4, 0.5) is 0 Å². The summed E-state index contributed by atoms with van der Waals surface area (Å²) in [5.41, 5.74) is 2.06. The summed E-state index contributed by atoms with van der Waals surface area (Å²) in [5.74, 6) is 0.0852. The van der Waals surface area contributed by atoms with Crippen molar-refractivity contribution in [2.24, 2.45) is 0 Å². The van der Waals surface area contributed by atoms with Gasteiger partial charge in [-0.2, -0.15) is 0 Å². The fourth-order valence-electron chi connectivity index (χ4n) is 3.26. The number of benzene rings is 2. The second-order valence-corrected chi connectivity index (χ2v) is 6.44. The maximum Gasteiger partial charge on any atom is 0.276 e. The average Bonchev–Trinajstić information content (AvgIpc) is 3.21. The summed E-state index contributed by atoms with van der Waals surface area (Å²) in [6.07, 6.45) is 0.460. The standard InChI is InChI=1S/C21H19N3O3/c25-20-18(13-15-7-3-1-4-8-15)24(12-11-22-20)21(26)17-14-19(27-23-17)16-9-5-2-6-10-16/h1-10,14,18H,11-13H2,(H,22,25)/t18-/m0/s1. The van der Waals surface area contributed by atoms with Crippen LogP contribution in [0.2, 0.25) is 0 Å². The maximum absolute atomic E-state index is 13.0. The molecule has 136 valence electrons. The van der Waals surface area contributed by atoms with Gasteiger partial charge < -0.3 is 14.7 Å². The molecule has 1 aliphatic rings. The van der Waals surface area contributed by atoms with Crippen molar-refractivity contribution in [3.8, 4) is 11.3 Å². The molecule has 1 aliphatic heterocycles. The van der Waals surface area contributed by atoms with Crippen molar-refractivity contribution in [1.82, 2.24) is 15.4 Å². The maximum atomic E-state index is 13.0. The first-order chi connectivity index (χ1) is 13.2. The number of amides is 2. The van der Waals surface area contributed by atoms with Crippen LogP contribution in [-0.4, -0.2) is 41.0 Å². The minimum Gasteiger partial charge on any atom is -0.355 e. The molecule has 1 aromatic heterocycles. The molecular weight excluding hydrogens is 342 g/mol. The molecule has 2 amide bonds. The highest BCUT2D eigenvalue weighted by Crippen LogP contribution is 2.22. The molecule has 1 atom stereocenters. The van der Waals surface area contributed by atoms with Gasteiger partial charge in [0.15, 0.2) is 11.5 Å². The smallest absolute Gasteiger partial charge is 0.276 e. The Bertz CT molecular complexity index is 938. The average molecular weight is 361 g/mol. The number of nitrogens with zero attached hydrogens (tertiary/aromatic N) is 2. The number of hydrogen-bond acceptors (Lipinski definition) is 4. The normalized spacial score (nSPS) is 16.8. The second kappa shape index (κ2) is 7.45. The van der Waals surface area contributed by atoms with Gasteiger partial charge in [-0.3, -0.25) is 9.59 Å². The Morgan fingerprint density at radius 2 is 1.81 bits per heavy atom. The van der Waals surface area contributed by atoms with Crippen molar-refractivity contribution < 1.29 is 14.1 Å². The minimum absolute atomic E-state index is 0.148. The molecular formula is C21H19N3O3. The molecule has 2 aromatic carbocycles. The van der Waals surface area contributed by atoms with Gasteiger partial charge in [-0.05, 0) is 5.56 Å². The number of piperazine rings is 1. The quantitative estimate of drug-likeness (QED) is 0.775.